The van der Waals surface area contributed by atoms with Crippen molar-refractivity contribution in [1.29, 1.82) is 0 Å². The van der Waals surface area contributed by atoms with Gasteiger partial charge in [0, 0.05) is 12.4 Å². The molecule has 0 radical (unpaired) electrons. The van der Waals surface area contributed by atoms with Crippen LogP contribution in [0.5, 0.6) is 11.5 Å². The minimum absolute atomic E-state index is 0.0910. The summed E-state index contributed by atoms with van der Waals surface area (Å²) in [4.78, 5) is 4.12. The van der Waals surface area contributed by atoms with Gasteiger partial charge in [-0.25, -0.2) is 4.98 Å². The highest BCUT2D eigenvalue weighted by Crippen LogP contribution is 2.28. The maximum Gasteiger partial charge on any atom is 0.127 e. The van der Waals surface area contributed by atoms with E-state index >= 15 is 0 Å². The fourth-order valence-electron chi connectivity index (χ4n) is 2.48. The largest absolute Gasteiger partial charge is 0.457 e. The van der Waals surface area contributed by atoms with E-state index in [2.05, 4.69) is 28.3 Å². The van der Waals surface area contributed by atoms with Gasteiger partial charge in [0.2, 0.25) is 0 Å². The van der Waals surface area contributed by atoms with Crippen LogP contribution in [0.2, 0.25) is 0 Å². The number of hydrogen-bond donors (Lipinski definition) is 0. The quantitative estimate of drug-likeness (QED) is 0.629. The fraction of sp³-hybridized carbons (Fsp3) is 0.105. The molecule has 0 saturated heterocycles. The first-order chi connectivity index (χ1) is 10.7. The molecule has 0 spiro atoms. The highest BCUT2D eigenvalue weighted by Gasteiger charge is 2.13. The molecule has 3 heteroatoms. The second-order valence-corrected chi connectivity index (χ2v) is 5.24. The Kier molecular flexibility index (Phi) is 4.05. The number of aromatic nitrogens is 2. The Labute approximate surface area is 130 Å². The minimum atomic E-state index is 0.0910. The smallest absolute Gasteiger partial charge is 0.127 e. The molecule has 0 aliphatic heterocycles. The van der Waals surface area contributed by atoms with Crippen molar-refractivity contribution in [3.8, 4) is 11.5 Å². The molecule has 0 bridgehead atoms. The number of rotatable bonds is 5. The lowest BCUT2D eigenvalue weighted by atomic mass is 10.0. The Bertz CT molecular complexity index is 731. The van der Waals surface area contributed by atoms with Gasteiger partial charge in [-0.15, -0.1) is 0 Å². The van der Waals surface area contributed by atoms with E-state index in [-0.39, 0.29) is 6.04 Å². The average Bonchev–Trinajstić information content (AvgIpc) is 3.04. The van der Waals surface area contributed by atoms with Crippen LogP contribution in [0.4, 0.5) is 0 Å². The highest BCUT2D eigenvalue weighted by atomic mass is 16.5. The van der Waals surface area contributed by atoms with Crippen molar-refractivity contribution in [2.75, 3.05) is 0 Å². The molecule has 1 atom stereocenters. The molecular weight excluding hydrogens is 272 g/mol. The zero-order valence-corrected chi connectivity index (χ0v) is 12.5. The normalized spacial score (nSPS) is 11.9. The van der Waals surface area contributed by atoms with Crippen LogP contribution in [0, 0.1) is 0 Å². The molecule has 1 unspecified atom stereocenters. The van der Waals surface area contributed by atoms with Crippen molar-refractivity contribution in [3.63, 3.8) is 0 Å². The molecule has 2 aromatic carbocycles. The van der Waals surface area contributed by atoms with Crippen LogP contribution < -0.4 is 4.74 Å². The van der Waals surface area contributed by atoms with E-state index < -0.39 is 0 Å². The molecule has 3 rings (SSSR count). The molecule has 22 heavy (non-hydrogen) atoms. The molecule has 0 aliphatic carbocycles. The van der Waals surface area contributed by atoms with Gasteiger partial charge in [0.05, 0.1) is 12.4 Å². The second kappa shape index (κ2) is 6.31. The number of para-hydroxylation sites is 1. The van der Waals surface area contributed by atoms with Crippen molar-refractivity contribution in [2.45, 2.75) is 13.0 Å². The second-order valence-electron chi connectivity index (χ2n) is 5.24. The molecular formula is C19H18N2O. The minimum Gasteiger partial charge on any atom is -0.457 e. The predicted octanol–water partition coefficient (Wildman–Crippen LogP) is 4.84. The van der Waals surface area contributed by atoms with Gasteiger partial charge < -0.3 is 9.30 Å². The third kappa shape index (κ3) is 3.09. The maximum absolute atomic E-state index is 5.82. The SMILES string of the molecule is C=C(C)C(c1ccc(Oc2ccccc2)cc1)n1ccnc1. The summed E-state index contributed by atoms with van der Waals surface area (Å²) >= 11 is 0. The summed E-state index contributed by atoms with van der Waals surface area (Å²) in [7, 11) is 0. The van der Waals surface area contributed by atoms with E-state index in [1.54, 1.807) is 6.20 Å². The van der Waals surface area contributed by atoms with E-state index in [9.17, 15) is 0 Å². The van der Waals surface area contributed by atoms with Crippen molar-refractivity contribution in [2.24, 2.45) is 0 Å². The number of ether oxygens (including phenoxy) is 1. The predicted molar refractivity (Wildman–Crippen MR) is 88.1 cm³/mol. The first-order valence-corrected chi connectivity index (χ1v) is 7.20. The molecule has 0 aliphatic rings. The number of benzene rings is 2. The van der Waals surface area contributed by atoms with Gasteiger partial charge in [0.15, 0.2) is 0 Å². The Balaban J connectivity index is 1.82. The molecule has 1 heterocycles. The molecule has 110 valence electrons. The molecule has 0 amide bonds. The van der Waals surface area contributed by atoms with Gasteiger partial charge in [-0.05, 0) is 36.8 Å². The summed E-state index contributed by atoms with van der Waals surface area (Å²) in [6.45, 7) is 6.12. The summed E-state index contributed by atoms with van der Waals surface area (Å²) in [5.74, 6) is 1.65. The van der Waals surface area contributed by atoms with Gasteiger partial charge in [-0.2, -0.15) is 0 Å². The van der Waals surface area contributed by atoms with Crippen LogP contribution in [0.15, 0.2) is 85.5 Å². The first kappa shape index (κ1) is 14.1. The van der Waals surface area contributed by atoms with Gasteiger partial charge in [-0.3, -0.25) is 0 Å². The van der Waals surface area contributed by atoms with Crippen molar-refractivity contribution in [1.82, 2.24) is 9.55 Å². The molecule has 3 aromatic rings. The number of allylic oxidation sites excluding steroid dienone is 1. The number of nitrogens with zero attached hydrogens (tertiary/aromatic N) is 2. The zero-order chi connectivity index (χ0) is 15.4. The monoisotopic (exact) mass is 290 g/mol. The highest BCUT2D eigenvalue weighted by molar-refractivity contribution is 5.36. The standard InChI is InChI=1S/C19H18N2O/c1-15(2)19(21-13-12-20-14-21)16-8-10-18(11-9-16)22-17-6-4-3-5-7-17/h3-14,19H,1H2,2H3. The molecule has 0 fully saturated rings. The van der Waals surface area contributed by atoms with Crippen LogP contribution in [0.1, 0.15) is 18.5 Å². The van der Waals surface area contributed by atoms with Crippen LogP contribution in [-0.2, 0) is 0 Å². The van der Waals surface area contributed by atoms with E-state index in [4.69, 9.17) is 4.74 Å². The van der Waals surface area contributed by atoms with Gasteiger partial charge in [0.25, 0.3) is 0 Å². The molecule has 0 N–H and O–H groups in total. The molecule has 1 aromatic heterocycles. The average molecular weight is 290 g/mol. The van der Waals surface area contributed by atoms with E-state index in [1.165, 1.54) is 0 Å². The van der Waals surface area contributed by atoms with Crippen LogP contribution in [0.25, 0.3) is 0 Å². The Morgan fingerprint density at radius 1 is 1.05 bits per heavy atom. The third-order valence-corrected chi connectivity index (χ3v) is 3.46. The maximum atomic E-state index is 5.82. The summed E-state index contributed by atoms with van der Waals surface area (Å²) < 4.78 is 7.87. The number of imidazole rings is 1. The summed E-state index contributed by atoms with van der Waals surface area (Å²) in [6.07, 6.45) is 5.55. The van der Waals surface area contributed by atoms with Gasteiger partial charge >= 0.3 is 0 Å². The molecule has 0 saturated carbocycles. The third-order valence-electron chi connectivity index (χ3n) is 3.46. The lowest BCUT2D eigenvalue weighted by Crippen LogP contribution is -2.09. The summed E-state index contributed by atoms with van der Waals surface area (Å²) in [5, 5.41) is 0. The summed E-state index contributed by atoms with van der Waals surface area (Å²) in [5.41, 5.74) is 2.22. The van der Waals surface area contributed by atoms with Gasteiger partial charge in [-0.1, -0.05) is 42.5 Å². The van der Waals surface area contributed by atoms with Crippen LogP contribution in [-0.4, -0.2) is 9.55 Å². The van der Waals surface area contributed by atoms with Crippen LogP contribution >= 0.6 is 0 Å². The zero-order valence-electron chi connectivity index (χ0n) is 12.5. The van der Waals surface area contributed by atoms with Gasteiger partial charge in [0.1, 0.15) is 11.5 Å². The summed E-state index contributed by atoms with van der Waals surface area (Å²) in [6, 6.07) is 18.0. The Hall–Kier alpha value is -2.81. The van der Waals surface area contributed by atoms with Crippen LogP contribution in [0.3, 0.4) is 0 Å². The van der Waals surface area contributed by atoms with E-state index in [0.29, 0.717) is 0 Å². The lowest BCUT2D eigenvalue weighted by molar-refractivity contribution is 0.482. The fourth-order valence-corrected chi connectivity index (χ4v) is 2.48. The van der Waals surface area contributed by atoms with E-state index in [0.717, 1.165) is 22.6 Å². The Morgan fingerprint density at radius 2 is 1.73 bits per heavy atom. The lowest BCUT2D eigenvalue weighted by Gasteiger charge is -2.19. The molecule has 3 nitrogen and oxygen atoms in total. The Morgan fingerprint density at radius 3 is 2.32 bits per heavy atom. The number of hydrogen-bond acceptors (Lipinski definition) is 2. The van der Waals surface area contributed by atoms with Crippen molar-refractivity contribution in [3.05, 3.63) is 91.0 Å². The van der Waals surface area contributed by atoms with Crippen molar-refractivity contribution < 1.29 is 4.74 Å². The topological polar surface area (TPSA) is 27.1 Å². The van der Waals surface area contributed by atoms with Crippen molar-refractivity contribution >= 4 is 0 Å². The van der Waals surface area contributed by atoms with E-state index in [1.807, 2.05) is 61.9 Å². The first-order valence-electron chi connectivity index (χ1n) is 7.20.